The Morgan fingerprint density at radius 3 is 2.79 bits per heavy atom. The molecule has 0 aromatic heterocycles. The fraction of sp³-hybridized carbons (Fsp3) is 0.900. The molecule has 1 heterocycles. The zero-order valence-corrected chi connectivity index (χ0v) is 8.91. The molecule has 1 rings (SSSR count). The first-order chi connectivity index (χ1) is 6.68. The van der Waals surface area contributed by atoms with Crippen LogP contribution < -0.4 is 5.32 Å². The van der Waals surface area contributed by atoms with Gasteiger partial charge in [0, 0.05) is 12.5 Å². The Morgan fingerprint density at radius 2 is 2.29 bits per heavy atom. The molecule has 0 aromatic rings. The van der Waals surface area contributed by atoms with Gasteiger partial charge in [-0.25, -0.2) is 0 Å². The number of nitrogens with one attached hydrogen (secondary N) is 1. The SMILES string of the molecule is CC(C)NCCCC(=O)OC1COC1. The lowest BCUT2D eigenvalue weighted by Crippen LogP contribution is -2.37. The average molecular weight is 201 g/mol. The molecule has 0 atom stereocenters. The van der Waals surface area contributed by atoms with E-state index in [0.29, 0.717) is 25.7 Å². The van der Waals surface area contributed by atoms with Gasteiger partial charge in [0.05, 0.1) is 13.2 Å². The van der Waals surface area contributed by atoms with E-state index in [1.165, 1.54) is 0 Å². The Kier molecular flexibility index (Phi) is 4.90. The summed E-state index contributed by atoms with van der Waals surface area (Å²) in [6.07, 6.45) is 1.35. The number of ether oxygens (including phenoxy) is 2. The average Bonchev–Trinajstić information content (AvgIpc) is 2.05. The topological polar surface area (TPSA) is 47.6 Å². The summed E-state index contributed by atoms with van der Waals surface area (Å²) in [4.78, 5) is 11.2. The molecule has 1 aliphatic heterocycles. The number of carbonyl (C=O) groups excluding carboxylic acids is 1. The fourth-order valence-corrected chi connectivity index (χ4v) is 1.15. The number of esters is 1. The van der Waals surface area contributed by atoms with E-state index in [4.69, 9.17) is 9.47 Å². The third-order valence-corrected chi connectivity index (χ3v) is 2.02. The maximum atomic E-state index is 11.2. The second-order valence-electron chi connectivity index (χ2n) is 3.86. The molecule has 0 radical (unpaired) electrons. The minimum absolute atomic E-state index is 0.0144. The molecule has 4 nitrogen and oxygen atoms in total. The van der Waals surface area contributed by atoms with E-state index in [-0.39, 0.29) is 12.1 Å². The van der Waals surface area contributed by atoms with Crippen molar-refractivity contribution < 1.29 is 14.3 Å². The summed E-state index contributed by atoms with van der Waals surface area (Å²) < 4.78 is 10.0. The van der Waals surface area contributed by atoms with Crippen molar-refractivity contribution in [3.63, 3.8) is 0 Å². The summed E-state index contributed by atoms with van der Waals surface area (Å²) in [7, 11) is 0. The van der Waals surface area contributed by atoms with Gasteiger partial charge in [-0.15, -0.1) is 0 Å². The summed E-state index contributed by atoms with van der Waals surface area (Å²) in [5.74, 6) is -0.108. The van der Waals surface area contributed by atoms with Crippen LogP contribution in [0, 0.1) is 0 Å². The maximum absolute atomic E-state index is 11.2. The lowest BCUT2D eigenvalue weighted by molar-refractivity contribution is -0.172. The van der Waals surface area contributed by atoms with Crippen LogP contribution in [-0.4, -0.2) is 37.9 Å². The molecule has 1 N–H and O–H groups in total. The summed E-state index contributed by atoms with van der Waals surface area (Å²) in [5.41, 5.74) is 0. The molecule has 0 amide bonds. The summed E-state index contributed by atoms with van der Waals surface area (Å²) in [5, 5.41) is 3.25. The van der Waals surface area contributed by atoms with Crippen molar-refractivity contribution in [3.05, 3.63) is 0 Å². The zero-order valence-electron chi connectivity index (χ0n) is 8.91. The highest BCUT2D eigenvalue weighted by Crippen LogP contribution is 2.07. The van der Waals surface area contributed by atoms with Gasteiger partial charge >= 0.3 is 5.97 Å². The van der Waals surface area contributed by atoms with Crippen molar-refractivity contribution in [2.45, 2.75) is 38.8 Å². The zero-order chi connectivity index (χ0) is 10.4. The lowest BCUT2D eigenvalue weighted by Gasteiger charge is -2.25. The lowest BCUT2D eigenvalue weighted by atomic mass is 10.3. The Labute approximate surface area is 85.0 Å². The van der Waals surface area contributed by atoms with Crippen molar-refractivity contribution in [3.8, 4) is 0 Å². The summed E-state index contributed by atoms with van der Waals surface area (Å²) in [6, 6.07) is 0.478. The van der Waals surface area contributed by atoms with Gasteiger partial charge in [0.2, 0.25) is 0 Å². The Hall–Kier alpha value is -0.610. The first-order valence-electron chi connectivity index (χ1n) is 5.19. The van der Waals surface area contributed by atoms with E-state index in [1.807, 2.05) is 0 Å². The molecule has 0 aliphatic carbocycles. The first kappa shape index (κ1) is 11.5. The number of hydrogen-bond acceptors (Lipinski definition) is 4. The number of hydrogen-bond donors (Lipinski definition) is 1. The number of rotatable bonds is 6. The van der Waals surface area contributed by atoms with Gasteiger partial charge in [-0.3, -0.25) is 4.79 Å². The van der Waals surface area contributed by atoms with E-state index in [9.17, 15) is 4.79 Å². The van der Waals surface area contributed by atoms with Crippen LogP contribution in [0.1, 0.15) is 26.7 Å². The van der Waals surface area contributed by atoms with Crippen LogP contribution in [0.5, 0.6) is 0 Å². The largest absolute Gasteiger partial charge is 0.457 e. The maximum Gasteiger partial charge on any atom is 0.306 e. The van der Waals surface area contributed by atoms with Gasteiger partial charge in [-0.2, -0.15) is 0 Å². The molecule has 0 spiro atoms. The molecule has 0 aromatic carbocycles. The van der Waals surface area contributed by atoms with Gasteiger partial charge in [0.15, 0.2) is 0 Å². The molecule has 0 saturated carbocycles. The van der Waals surface area contributed by atoms with E-state index in [1.54, 1.807) is 0 Å². The standard InChI is InChI=1S/C10H19NO3/c1-8(2)11-5-3-4-10(12)14-9-6-13-7-9/h8-9,11H,3-7H2,1-2H3. The molecule has 1 fully saturated rings. The first-order valence-corrected chi connectivity index (χ1v) is 5.19. The Morgan fingerprint density at radius 1 is 1.57 bits per heavy atom. The third kappa shape index (κ3) is 4.58. The highest BCUT2D eigenvalue weighted by molar-refractivity contribution is 5.69. The molecule has 1 saturated heterocycles. The third-order valence-electron chi connectivity index (χ3n) is 2.02. The van der Waals surface area contributed by atoms with Crippen molar-refractivity contribution in [1.82, 2.24) is 5.32 Å². The second-order valence-corrected chi connectivity index (χ2v) is 3.86. The molecule has 0 unspecified atom stereocenters. The van der Waals surface area contributed by atoms with E-state index < -0.39 is 0 Å². The van der Waals surface area contributed by atoms with Crippen molar-refractivity contribution in [1.29, 1.82) is 0 Å². The fourth-order valence-electron chi connectivity index (χ4n) is 1.15. The van der Waals surface area contributed by atoms with Crippen LogP contribution in [0.2, 0.25) is 0 Å². The summed E-state index contributed by atoms with van der Waals surface area (Å²) >= 11 is 0. The highest BCUT2D eigenvalue weighted by Gasteiger charge is 2.22. The van der Waals surface area contributed by atoms with Crippen molar-refractivity contribution >= 4 is 5.97 Å². The van der Waals surface area contributed by atoms with Crippen LogP contribution in [0.3, 0.4) is 0 Å². The molecular weight excluding hydrogens is 182 g/mol. The van der Waals surface area contributed by atoms with Crippen molar-refractivity contribution in [2.24, 2.45) is 0 Å². The van der Waals surface area contributed by atoms with Crippen molar-refractivity contribution in [2.75, 3.05) is 19.8 Å². The Balaban J connectivity index is 1.92. The highest BCUT2D eigenvalue weighted by atomic mass is 16.6. The molecule has 1 aliphatic rings. The quantitative estimate of drug-likeness (QED) is 0.508. The molecule has 0 bridgehead atoms. The van der Waals surface area contributed by atoms with Gasteiger partial charge in [-0.05, 0) is 13.0 Å². The normalized spacial score (nSPS) is 16.8. The van der Waals surface area contributed by atoms with Crippen LogP contribution in [0.15, 0.2) is 0 Å². The molecule has 14 heavy (non-hydrogen) atoms. The minimum atomic E-state index is -0.108. The van der Waals surface area contributed by atoms with E-state index >= 15 is 0 Å². The summed E-state index contributed by atoms with van der Waals surface area (Å²) in [6.45, 7) is 6.17. The minimum Gasteiger partial charge on any atom is -0.457 e. The van der Waals surface area contributed by atoms with Crippen LogP contribution in [0.25, 0.3) is 0 Å². The Bertz CT molecular complexity index is 178. The van der Waals surface area contributed by atoms with Gasteiger partial charge in [-0.1, -0.05) is 13.8 Å². The smallest absolute Gasteiger partial charge is 0.306 e. The van der Waals surface area contributed by atoms with Crippen LogP contribution in [0.4, 0.5) is 0 Å². The molecule has 82 valence electrons. The monoisotopic (exact) mass is 201 g/mol. The van der Waals surface area contributed by atoms with Gasteiger partial charge in [0.25, 0.3) is 0 Å². The molecule has 4 heteroatoms. The van der Waals surface area contributed by atoms with Crippen LogP contribution in [-0.2, 0) is 14.3 Å². The number of carbonyl (C=O) groups is 1. The van der Waals surface area contributed by atoms with E-state index in [2.05, 4.69) is 19.2 Å². The van der Waals surface area contributed by atoms with Gasteiger partial charge < -0.3 is 14.8 Å². The molecular formula is C10H19NO3. The second kappa shape index (κ2) is 5.98. The predicted molar refractivity (Wildman–Crippen MR) is 53.1 cm³/mol. The van der Waals surface area contributed by atoms with Crippen LogP contribution >= 0.6 is 0 Å². The predicted octanol–water partition coefficient (Wildman–Crippen LogP) is 0.707. The van der Waals surface area contributed by atoms with Gasteiger partial charge in [0.1, 0.15) is 6.10 Å². The van der Waals surface area contributed by atoms with E-state index in [0.717, 1.165) is 13.0 Å².